The predicted octanol–water partition coefficient (Wildman–Crippen LogP) is 3.93. The van der Waals surface area contributed by atoms with E-state index in [0.717, 1.165) is 12.1 Å². The molecule has 0 spiro atoms. The number of anilines is 2. The van der Waals surface area contributed by atoms with Crippen LogP contribution in [0.5, 0.6) is 0 Å². The summed E-state index contributed by atoms with van der Waals surface area (Å²) < 4.78 is 40.6. The molecule has 2 aromatic rings. The first-order valence-corrected chi connectivity index (χ1v) is 8.40. The van der Waals surface area contributed by atoms with E-state index in [0.29, 0.717) is 11.3 Å². The van der Waals surface area contributed by atoms with E-state index in [-0.39, 0.29) is 20.1 Å². The quantitative estimate of drug-likeness (QED) is 0.776. The molecule has 112 valence electrons. The molecule has 0 heterocycles. The molecular weight excluding hydrogens is 383 g/mol. The standard InChI is InChI=1S/C13H11BrClFN2O2S/c1-7-11(17)3-2-4-12(7)21(19,20)18-13-9(14)5-8(16)6-10(13)15/h2-6,18H,17H2,1H3. The Hall–Kier alpha value is -1.31. The summed E-state index contributed by atoms with van der Waals surface area (Å²) in [5.74, 6) is -0.574. The molecule has 0 saturated heterocycles. The van der Waals surface area contributed by atoms with Crippen molar-refractivity contribution >= 4 is 48.9 Å². The van der Waals surface area contributed by atoms with Crippen molar-refractivity contribution in [3.8, 4) is 0 Å². The lowest BCUT2D eigenvalue weighted by atomic mass is 10.2. The predicted molar refractivity (Wildman–Crippen MR) is 85.5 cm³/mol. The van der Waals surface area contributed by atoms with Gasteiger partial charge in [-0.15, -0.1) is 0 Å². The number of rotatable bonds is 3. The van der Waals surface area contributed by atoms with Crippen LogP contribution in [0.4, 0.5) is 15.8 Å². The van der Waals surface area contributed by atoms with E-state index in [1.54, 1.807) is 13.0 Å². The summed E-state index contributed by atoms with van der Waals surface area (Å²) in [5, 5.41) is -0.0491. The Bertz CT molecular complexity index is 789. The van der Waals surface area contributed by atoms with Crippen molar-refractivity contribution in [3.05, 3.63) is 51.2 Å². The molecule has 0 aliphatic carbocycles. The zero-order valence-corrected chi connectivity index (χ0v) is 14.0. The lowest BCUT2D eigenvalue weighted by Gasteiger charge is -2.14. The van der Waals surface area contributed by atoms with Gasteiger partial charge in [0.1, 0.15) is 5.82 Å². The summed E-state index contributed by atoms with van der Waals surface area (Å²) in [6.45, 7) is 1.60. The maximum absolute atomic E-state index is 13.2. The maximum Gasteiger partial charge on any atom is 0.262 e. The molecule has 4 nitrogen and oxygen atoms in total. The van der Waals surface area contributed by atoms with Crippen LogP contribution < -0.4 is 10.5 Å². The summed E-state index contributed by atoms with van der Waals surface area (Å²) in [6, 6.07) is 6.72. The number of halogens is 3. The highest BCUT2D eigenvalue weighted by Gasteiger charge is 2.21. The average Bonchev–Trinajstić information content (AvgIpc) is 2.37. The Labute approximate surface area is 135 Å². The van der Waals surface area contributed by atoms with Gasteiger partial charge < -0.3 is 5.73 Å². The first-order valence-electron chi connectivity index (χ1n) is 5.75. The van der Waals surface area contributed by atoms with Gasteiger partial charge in [0.05, 0.1) is 15.6 Å². The number of hydrogen-bond donors (Lipinski definition) is 2. The van der Waals surface area contributed by atoms with Gasteiger partial charge >= 0.3 is 0 Å². The fraction of sp³-hybridized carbons (Fsp3) is 0.0769. The van der Waals surface area contributed by atoms with Crippen molar-refractivity contribution in [1.82, 2.24) is 0 Å². The molecule has 8 heteroatoms. The molecule has 0 bridgehead atoms. The van der Waals surface area contributed by atoms with E-state index in [1.165, 1.54) is 12.1 Å². The Morgan fingerprint density at radius 1 is 1.33 bits per heavy atom. The van der Waals surface area contributed by atoms with Gasteiger partial charge in [0.2, 0.25) is 0 Å². The maximum atomic E-state index is 13.2. The number of benzene rings is 2. The van der Waals surface area contributed by atoms with Crippen LogP contribution in [-0.2, 0) is 10.0 Å². The van der Waals surface area contributed by atoms with E-state index < -0.39 is 15.8 Å². The van der Waals surface area contributed by atoms with Crippen LogP contribution in [0.25, 0.3) is 0 Å². The van der Waals surface area contributed by atoms with Crippen molar-refractivity contribution in [3.63, 3.8) is 0 Å². The molecule has 0 aromatic heterocycles. The van der Waals surface area contributed by atoms with Crippen molar-refractivity contribution in [2.24, 2.45) is 0 Å². The van der Waals surface area contributed by atoms with E-state index in [2.05, 4.69) is 20.7 Å². The van der Waals surface area contributed by atoms with E-state index in [4.69, 9.17) is 17.3 Å². The van der Waals surface area contributed by atoms with E-state index in [1.807, 2.05) is 0 Å². The fourth-order valence-corrected chi connectivity index (χ4v) is 4.21. The highest BCUT2D eigenvalue weighted by Crippen LogP contribution is 2.34. The van der Waals surface area contributed by atoms with Crippen LogP contribution in [0.3, 0.4) is 0 Å². The van der Waals surface area contributed by atoms with Gasteiger partial charge in [0.15, 0.2) is 0 Å². The lowest BCUT2D eigenvalue weighted by Crippen LogP contribution is -2.15. The summed E-state index contributed by atoms with van der Waals surface area (Å²) in [7, 11) is -3.89. The van der Waals surface area contributed by atoms with Crippen LogP contribution in [0.15, 0.2) is 39.7 Å². The first kappa shape index (κ1) is 16.1. The summed E-state index contributed by atoms with van der Waals surface area (Å²) in [4.78, 5) is 0.0368. The highest BCUT2D eigenvalue weighted by atomic mass is 79.9. The van der Waals surface area contributed by atoms with Crippen LogP contribution >= 0.6 is 27.5 Å². The van der Waals surface area contributed by atoms with E-state index >= 15 is 0 Å². The summed E-state index contributed by atoms with van der Waals surface area (Å²) in [6.07, 6.45) is 0. The topological polar surface area (TPSA) is 72.2 Å². The van der Waals surface area contributed by atoms with Gasteiger partial charge in [-0.2, -0.15) is 0 Å². The molecule has 0 unspecified atom stereocenters. The third-order valence-electron chi connectivity index (χ3n) is 2.86. The SMILES string of the molecule is Cc1c(N)cccc1S(=O)(=O)Nc1c(Cl)cc(F)cc1Br. The number of nitrogens with two attached hydrogens (primary N) is 1. The molecule has 2 aromatic carbocycles. The highest BCUT2D eigenvalue weighted by molar-refractivity contribution is 9.10. The Morgan fingerprint density at radius 2 is 2.00 bits per heavy atom. The normalized spacial score (nSPS) is 11.4. The van der Waals surface area contributed by atoms with E-state index in [9.17, 15) is 12.8 Å². The largest absolute Gasteiger partial charge is 0.398 e. The molecule has 3 N–H and O–H groups in total. The molecule has 0 amide bonds. The second-order valence-corrected chi connectivity index (χ2v) is 7.23. The zero-order valence-electron chi connectivity index (χ0n) is 10.8. The molecule has 21 heavy (non-hydrogen) atoms. The smallest absolute Gasteiger partial charge is 0.262 e. The lowest BCUT2D eigenvalue weighted by molar-refractivity contribution is 0.600. The van der Waals surface area contributed by atoms with Gasteiger partial charge in [-0.3, -0.25) is 4.72 Å². The van der Waals surface area contributed by atoms with Crippen LogP contribution in [0.1, 0.15) is 5.56 Å². The molecule has 0 aliphatic rings. The van der Waals surface area contributed by atoms with Crippen LogP contribution in [0.2, 0.25) is 5.02 Å². The number of nitrogen functional groups attached to an aromatic ring is 1. The summed E-state index contributed by atoms with van der Waals surface area (Å²) >= 11 is 8.96. The Balaban J connectivity index is 2.50. The second kappa shape index (κ2) is 5.82. The molecule has 0 aliphatic heterocycles. The Kier molecular flexibility index (Phi) is 4.46. The molecular formula is C13H11BrClFN2O2S. The third-order valence-corrected chi connectivity index (χ3v) is 5.28. The second-order valence-electron chi connectivity index (χ2n) is 4.32. The molecule has 2 rings (SSSR count). The van der Waals surface area contributed by atoms with Gasteiger partial charge in [-0.1, -0.05) is 17.7 Å². The minimum atomic E-state index is -3.89. The van der Waals surface area contributed by atoms with Crippen molar-refractivity contribution in [2.45, 2.75) is 11.8 Å². The van der Waals surface area contributed by atoms with Crippen LogP contribution in [-0.4, -0.2) is 8.42 Å². The zero-order chi connectivity index (χ0) is 15.8. The Morgan fingerprint density at radius 3 is 2.62 bits per heavy atom. The van der Waals surface area contributed by atoms with Crippen molar-refractivity contribution in [1.29, 1.82) is 0 Å². The molecule has 0 radical (unpaired) electrons. The molecule has 0 fully saturated rings. The molecule has 0 atom stereocenters. The number of nitrogens with one attached hydrogen (secondary N) is 1. The minimum Gasteiger partial charge on any atom is -0.398 e. The monoisotopic (exact) mass is 392 g/mol. The van der Waals surface area contributed by atoms with Gasteiger partial charge in [-0.05, 0) is 52.7 Å². The number of hydrogen-bond acceptors (Lipinski definition) is 3. The average molecular weight is 394 g/mol. The molecule has 0 saturated carbocycles. The first-order chi connectivity index (χ1) is 9.72. The van der Waals surface area contributed by atoms with Crippen molar-refractivity contribution in [2.75, 3.05) is 10.5 Å². The fourth-order valence-electron chi connectivity index (χ4n) is 1.75. The van der Waals surface area contributed by atoms with Gasteiger partial charge in [0, 0.05) is 10.2 Å². The van der Waals surface area contributed by atoms with Crippen molar-refractivity contribution < 1.29 is 12.8 Å². The third kappa shape index (κ3) is 3.30. The minimum absolute atomic E-state index is 0.0368. The summed E-state index contributed by atoms with van der Waals surface area (Å²) in [5.41, 5.74) is 6.58. The van der Waals surface area contributed by atoms with Gasteiger partial charge in [-0.25, -0.2) is 12.8 Å². The number of sulfonamides is 1. The van der Waals surface area contributed by atoms with Gasteiger partial charge in [0.25, 0.3) is 10.0 Å². The van der Waals surface area contributed by atoms with Crippen LogP contribution in [0, 0.1) is 12.7 Å².